The minimum absolute atomic E-state index is 0.0372. The summed E-state index contributed by atoms with van der Waals surface area (Å²) in [4.78, 5) is 16.2. The molecule has 6 nitrogen and oxygen atoms in total. The first-order valence-electron chi connectivity index (χ1n) is 6.64. The second kappa shape index (κ2) is 7.04. The molecule has 2 aromatic heterocycles. The third kappa shape index (κ3) is 4.82. The van der Waals surface area contributed by atoms with Crippen LogP contribution in [0.2, 0.25) is 0 Å². The van der Waals surface area contributed by atoms with Crippen LogP contribution in [0.4, 0.5) is 0 Å². The van der Waals surface area contributed by atoms with E-state index < -0.39 is 0 Å². The van der Waals surface area contributed by atoms with E-state index in [1.807, 2.05) is 33.1 Å². The lowest BCUT2D eigenvalue weighted by Crippen LogP contribution is -2.35. The lowest BCUT2D eigenvalue weighted by Gasteiger charge is -2.12. The fourth-order valence-corrected chi connectivity index (χ4v) is 2.93. The Labute approximate surface area is 131 Å². The van der Waals surface area contributed by atoms with Gasteiger partial charge in [-0.2, -0.15) is 0 Å². The third-order valence-electron chi connectivity index (χ3n) is 2.52. The third-order valence-corrected chi connectivity index (χ3v) is 4.28. The first-order valence-corrected chi connectivity index (χ1v) is 8.40. The molecule has 0 aliphatic rings. The fourth-order valence-electron chi connectivity index (χ4n) is 1.61. The summed E-state index contributed by atoms with van der Waals surface area (Å²) in [7, 11) is 0. The van der Waals surface area contributed by atoms with Crippen LogP contribution in [0.25, 0.3) is 0 Å². The molecule has 2 rings (SSSR count). The molecule has 21 heavy (non-hydrogen) atoms. The number of nitrogens with zero attached hydrogens (tertiary/aromatic N) is 3. The number of hydrogen-bond donors (Lipinski definition) is 1. The average molecular weight is 326 g/mol. The molecule has 1 atom stereocenters. The molecule has 0 aliphatic heterocycles. The summed E-state index contributed by atoms with van der Waals surface area (Å²) in [5, 5.41) is 13.9. The van der Waals surface area contributed by atoms with Crippen molar-refractivity contribution in [1.29, 1.82) is 0 Å². The van der Waals surface area contributed by atoms with E-state index in [1.54, 1.807) is 11.3 Å². The molecule has 0 saturated carbocycles. The molecule has 8 heteroatoms. The maximum Gasteiger partial charge on any atom is 0.277 e. The maximum atomic E-state index is 11.8. The molecule has 0 radical (unpaired) electrons. The molecule has 0 fully saturated rings. The number of carbonyl (C=O) groups excluding carboxylic acids is 1. The van der Waals surface area contributed by atoms with E-state index in [2.05, 4.69) is 20.5 Å². The molecular weight excluding hydrogens is 308 g/mol. The Balaban J connectivity index is 1.92. The number of thioether (sulfide) groups is 1. The summed E-state index contributed by atoms with van der Waals surface area (Å²) < 4.78 is 5.55. The minimum Gasteiger partial charge on any atom is -0.416 e. The Morgan fingerprint density at radius 1 is 1.43 bits per heavy atom. The minimum atomic E-state index is -0.276. The predicted octanol–water partition coefficient (Wildman–Crippen LogP) is 2.43. The topological polar surface area (TPSA) is 80.9 Å². The molecule has 1 unspecified atom stereocenters. The zero-order chi connectivity index (χ0) is 15.4. The summed E-state index contributed by atoms with van der Waals surface area (Å²) in [5.74, 6) is 0.476. The zero-order valence-corrected chi connectivity index (χ0v) is 14.0. The van der Waals surface area contributed by atoms with E-state index in [9.17, 15) is 4.79 Å². The lowest BCUT2D eigenvalue weighted by atomic mass is 10.3. The number of nitrogens with one attached hydrogen (secondary N) is 1. The van der Waals surface area contributed by atoms with Crippen LogP contribution < -0.4 is 5.32 Å². The van der Waals surface area contributed by atoms with Crippen LogP contribution in [0.1, 0.15) is 37.4 Å². The second-order valence-corrected chi connectivity index (χ2v) is 7.27. The quantitative estimate of drug-likeness (QED) is 0.821. The standard InChI is InChI=1S/C13H18N4O2S2/c1-7(2)14-12(18)8(3)21-13-17-16-11(19-13)5-10-6-20-9(4)15-10/h6-8H,5H2,1-4H3,(H,14,18). The normalized spacial score (nSPS) is 12.6. The van der Waals surface area contributed by atoms with Crippen LogP contribution in [0.15, 0.2) is 15.0 Å². The molecule has 1 amide bonds. The molecule has 0 aromatic carbocycles. The van der Waals surface area contributed by atoms with E-state index in [1.165, 1.54) is 11.8 Å². The second-order valence-electron chi connectivity index (χ2n) is 4.92. The van der Waals surface area contributed by atoms with Gasteiger partial charge in [-0.25, -0.2) is 4.98 Å². The Morgan fingerprint density at radius 3 is 2.81 bits per heavy atom. The van der Waals surface area contributed by atoms with Gasteiger partial charge in [-0.3, -0.25) is 4.79 Å². The van der Waals surface area contributed by atoms with Crippen LogP contribution in [-0.2, 0) is 11.2 Å². The Hall–Kier alpha value is -1.41. The van der Waals surface area contributed by atoms with Crippen LogP contribution >= 0.6 is 23.1 Å². The van der Waals surface area contributed by atoms with Gasteiger partial charge in [0.05, 0.1) is 22.4 Å². The Morgan fingerprint density at radius 2 is 2.19 bits per heavy atom. The van der Waals surface area contributed by atoms with Gasteiger partial charge in [-0.05, 0) is 27.7 Å². The van der Waals surface area contributed by atoms with Crippen molar-refractivity contribution in [2.75, 3.05) is 0 Å². The van der Waals surface area contributed by atoms with Gasteiger partial charge >= 0.3 is 0 Å². The number of amides is 1. The average Bonchev–Trinajstić information content (AvgIpc) is 2.98. The molecule has 0 saturated heterocycles. The van der Waals surface area contributed by atoms with Crippen LogP contribution in [0.5, 0.6) is 0 Å². The molecule has 2 aromatic rings. The van der Waals surface area contributed by atoms with Crippen LogP contribution in [0, 0.1) is 6.92 Å². The van der Waals surface area contributed by atoms with Crippen molar-refractivity contribution in [3.63, 3.8) is 0 Å². The largest absolute Gasteiger partial charge is 0.416 e. The van der Waals surface area contributed by atoms with Gasteiger partial charge < -0.3 is 9.73 Å². The maximum absolute atomic E-state index is 11.8. The van der Waals surface area contributed by atoms with Crippen LogP contribution in [0.3, 0.4) is 0 Å². The molecule has 2 heterocycles. The smallest absolute Gasteiger partial charge is 0.277 e. The van der Waals surface area contributed by atoms with Crippen molar-refractivity contribution < 1.29 is 9.21 Å². The number of hydrogen-bond acceptors (Lipinski definition) is 7. The number of carbonyl (C=O) groups is 1. The molecule has 1 N–H and O–H groups in total. The van der Waals surface area contributed by atoms with E-state index in [0.29, 0.717) is 17.5 Å². The number of aryl methyl sites for hydroxylation is 1. The fraction of sp³-hybridized carbons (Fsp3) is 0.538. The highest BCUT2D eigenvalue weighted by molar-refractivity contribution is 8.00. The van der Waals surface area contributed by atoms with Gasteiger partial charge in [0.1, 0.15) is 0 Å². The summed E-state index contributed by atoms with van der Waals surface area (Å²) >= 11 is 2.85. The summed E-state index contributed by atoms with van der Waals surface area (Å²) in [6.07, 6.45) is 0.518. The number of thiazole rings is 1. The summed E-state index contributed by atoms with van der Waals surface area (Å²) in [5.41, 5.74) is 0.920. The monoisotopic (exact) mass is 326 g/mol. The molecule has 0 spiro atoms. The molecular formula is C13H18N4O2S2. The highest BCUT2D eigenvalue weighted by Gasteiger charge is 2.19. The van der Waals surface area contributed by atoms with Gasteiger partial charge in [0, 0.05) is 11.4 Å². The van der Waals surface area contributed by atoms with Crippen molar-refractivity contribution in [1.82, 2.24) is 20.5 Å². The van der Waals surface area contributed by atoms with Crippen molar-refractivity contribution in [3.8, 4) is 0 Å². The number of rotatable bonds is 6. The highest BCUT2D eigenvalue weighted by Crippen LogP contribution is 2.23. The first-order chi connectivity index (χ1) is 9.94. The lowest BCUT2D eigenvalue weighted by molar-refractivity contribution is -0.120. The van der Waals surface area contributed by atoms with Gasteiger partial charge in [-0.1, -0.05) is 11.8 Å². The first kappa shape index (κ1) is 16.0. The van der Waals surface area contributed by atoms with Crippen LogP contribution in [-0.4, -0.2) is 32.4 Å². The zero-order valence-electron chi connectivity index (χ0n) is 12.4. The molecule has 0 aliphatic carbocycles. The van der Waals surface area contributed by atoms with Gasteiger partial charge in [0.15, 0.2) is 0 Å². The van der Waals surface area contributed by atoms with Gasteiger partial charge in [-0.15, -0.1) is 21.5 Å². The Bertz CT molecular complexity index is 609. The number of aromatic nitrogens is 3. The van der Waals surface area contributed by atoms with Gasteiger partial charge in [0.25, 0.3) is 5.22 Å². The SMILES string of the molecule is Cc1nc(Cc2nnc(SC(C)C(=O)NC(C)C)o2)cs1. The highest BCUT2D eigenvalue weighted by atomic mass is 32.2. The van der Waals surface area contributed by atoms with Crippen molar-refractivity contribution in [2.24, 2.45) is 0 Å². The van der Waals surface area contributed by atoms with Crippen molar-refractivity contribution in [2.45, 2.75) is 50.6 Å². The summed E-state index contributed by atoms with van der Waals surface area (Å²) in [6, 6.07) is 0.117. The molecule has 0 bridgehead atoms. The van der Waals surface area contributed by atoms with Crippen molar-refractivity contribution >= 4 is 29.0 Å². The predicted molar refractivity (Wildman–Crippen MR) is 82.6 cm³/mol. The van der Waals surface area contributed by atoms with E-state index in [-0.39, 0.29) is 17.2 Å². The van der Waals surface area contributed by atoms with E-state index in [4.69, 9.17) is 4.42 Å². The van der Waals surface area contributed by atoms with Gasteiger partial charge in [0.2, 0.25) is 11.8 Å². The van der Waals surface area contributed by atoms with E-state index in [0.717, 1.165) is 10.7 Å². The van der Waals surface area contributed by atoms with E-state index >= 15 is 0 Å². The Kier molecular flexibility index (Phi) is 5.35. The summed E-state index contributed by atoms with van der Waals surface area (Å²) in [6.45, 7) is 7.63. The van der Waals surface area contributed by atoms with Crippen molar-refractivity contribution in [3.05, 3.63) is 22.0 Å². The molecule has 114 valence electrons.